The summed E-state index contributed by atoms with van der Waals surface area (Å²) in [6, 6.07) is 8.80. The fourth-order valence-corrected chi connectivity index (χ4v) is 3.82. The van der Waals surface area contributed by atoms with E-state index in [0.717, 1.165) is 19.3 Å². The molecule has 1 aromatic heterocycles. The standard InChI is InChI=1S/C17H16ClNO3S/c1-10(16(20)19-13-7-3-2-6-12(13)18)22-17(21)15-9-11-5-4-8-14(11)23-15/h2-3,6-7,9-10H,4-5,8H2,1H3,(H,19,20)/t10-/m0/s1. The lowest BCUT2D eigenvalue weighted by molar-refractivity contribution is -0.123. The molecule has 1 aliphatic rings. The van der Waals surface area contributed by atoms with Gasteiger partial charge in [-0.2, -0.15) is 0 Å². The molecule has 0 saturated carbocycles. The highest BCUT2D eigenvalue weighted by molar-refractivity contribution is 7.14. The number of esters is 1. The normalized spacial score (nSPS) is 14.2. The Bertz CT molecular complexity index is 735. The van der Waals surface area contributed by atoms with Gasteiger partial charge in [-0.15, -0.1) is 11.3 Å². The molecule has 0 aliphatic heterocycles. The van der Waals surface area contributed by atoms with Crippen LogP contribution in [0.4, 0.5) is 5.69 Å². The van der Waals surface area contributed by atoms with E-state index in [1.807, 2.05) is 6.07 Å². The molecule has 0 spiro atoms. The van der Waals surface area contributed by atoms with Crippen molar-refractivity contribution in [1.82, 2.24) is 0 Å². The van der Waals surface area contributed by atoms with E-state index in [9.17, 15) is 9.59 Å². The molecule has 1 aromatic carbocycles. The van der Waals surface area contributed by atoms with Crippen LogP contribution in [0.3, 0.4) is 0 Å². The van der Waals surface area contributed by atoms with Gasteiger partial charge in [-0.3, -0.25) is 4.79 Å². The van der Waals surface area contributed by atoms with Gasteiger partial charge in [0.2, 0.25) is 0 Å². The molecule has 0 saturated heterocycles. The maximum Gasteiger partial charge on any atom is 0.349 e. The number of anilines is 1. The van der Waals surface area contributed by atoms with Gasteiger partial charge in [-0.25, -0.2) is 4.79 Å². The number of ether oxygens (including phenoxy) is 1. The van der Waals surface area contributed by atoms with E-state index in [4.69, 9.17) is 16.3 Å². The average Bonchev–Trinajstić information content (AvgIpc) is 3.10. The number of carbonyl (C=O) groups excluding carboxylic acids is 2. The Labute approximate surface area is 143 Å². The number of para-hydroxylation sites is 1. The second kappa shape index (κ2) is 6.72. The summed E-state index contributed by atoms with van der Waals surface area (Å²) in [7, 11) is 0. The lowest BCUT2D eigenvalue weighted by Gasteiger charge is -2.13. The van der Waals surface area contributed by atoms with Gasteiger partial charge < -0.3 is 10.1 Å². The molecule has 1 amide bonds. The van der Waals surface area contributed by atoms with Crippen LogP contribution in [0.25, 0.3) is 0 Å². The van der Waals surface area contributed by atoms with Crippen LogP contribution >= 0.6 is 22.9 Å². The van der Waals surface area contributed by atoms with Gasteiger partial charge in [-0.1, -0.05) is 23.7 Å². The number of aryl methyl sites for hydroxylation is 2. The Hall–Kier alpha value is -1.85. The first kappa shape index (κ1) is 16.0. The van der Waals surface area contributed by atoms with E-state index in [2.05, 4.69) is 5.32 Å². The fraction of sp³-hybridized carbons (Fsp3) is 0.294. The number of fused-ring (bicyclic) bond motifs is 1. The lowest BCUT2D eigenvalue weighted by Crippen LogP contribution is -2.29. The van der Waals surface area contributed by atoms with Gasteiger partial charge in [0.25, 0.3) is 5.91 Å². The predicted molar refractivity (Wildman–Crippen MR) is 91.3 cm³/mol. The average molecular weight is 350 g/mol. The van der Waals surface area contributed by atoms with Crippen molar-refractivity contribution in [2.24, 2.45) is 0 Å². The number of nitrogens with one attached hydrogen (secondary N) is 1. The summed E-state index contributed by atoms with van der Waals surface area (Å²) in [4.78, 5) is 26.1. The topological polar surface area (TPSA) is 55.4 Å². The monoisotopic (exact) mass is 349 g/mol. The Morgan fingerprint density at radius 1 is 1.30 bits per heavy atom. The van der Waals surface area contributed by atoms with Crippen molar-refractivity contribution in [2.75, 3.05) is 5.32 Å². The Morgan fingerprint density at radius 2 is 2.09 bits per heavy atom. The number of carbonyl (C=O) groups is 2. The molecule has 1 atom stereocenters. The molecule has 1 aliphatic carbocycles. The molecule has 6 heteroatoms. The van der Waals surface area contributed by atoms with Crippen molar-refractivity contribution >= 4 is 40.5 Å². The van der Waals surface area contributed by atoms with Gasteiger partial charge in [0.15, 0.2) is 6.10 Å². The van der Waals surface area contributed by atoms with Crippen molar-refractivity contribution < 1.29 is 14.3 Å². The largest absolute Gasteiger partial charge is 0.448 e. The first-order chi connectivity index (χ1) is 11.0. The highest BCUT2D eigenvalue weighted by Crippen LogP contribution is 2.31. The van der Waals surface area contributed by atoms with Crippen LogP contribution in [0.15, 0.2) is 30.3 Å². The minimum atomic E-state index is -0.893. The van der Waals surface area contributed by atoms with Crippen LogP contribution in [-0.4, -0.2) is 18.0 Å². The molecule has 3 rings (SSSR count). The molecule has 1 heterocycles. The molecule has 0 unspecified atom stereocenters. The quantitative estimate of drug-likeness (QED) is 0.846. The zero-order chi connectivity index (χ0) is 16.4. The summed E-state index contributed by atoms with van der Waals surface area (Å²) in [6.45, 7) is 1.55. The third-order valence-corrected chi connectivity index (χ3v) is 5.28. The van der Waals surface area contributed by atoms with Gasteiger partial charge >= 0.3 is 5.97 Å². The second-order valence-corrected chi connectivity index (χ2v) is 6.97. The van der Waals surface area contributed by atoms with Gasteiger partial charge in [0, 0.05) is 4.88 Å². The highest BCUT2D eigenvalue weighted by atomic mass is 35.5. The van der Waals surface area contributed by atoms with Gasteiger partial charge in [0.05, 0.1) is 10.7 Å². The van der Waals surface area contributed by atoms with Gasteiger partial charge in [0.1, 0.15) is 4.88 Å². The summed E-state index contributed by atoms with van der Waals surface area (Å²) in [6.07, 6.45) is 2.29. The SMILES string of the molecule is C[C@H](OC(=O)c1cc2c(s1)CCC2)C(=O)Nc1ccccc1Cl. The number of hydrogen-bond acceptors (Lipinski definition) is 4. The second-order valence-electron chi connectivity index (χ2n) is 5.43. The minimum absolute atomic E-state index is 0.407. The number of rotatable bonds is 4. The molecule has 0 fully saturated rings. The van der Waals surface area contributed by atoms with Crippen molar-refractivity contribution in [2.45, 2.75) is 32.3 Å². The van der Waals surface area contributed by atoms with Crippen molar-refractivity contribution in [3.05, 3.63) is 50.7 Å². The summed E-state index contributed by atoms with van der Waals surface area (Å²) in [5, 5.41) is 3.10. The van der Waals surface area contributed by atoms with E-state index in [-0.39, 0.29) is 0 Å². The maximum absolute atomic E-state index is 12.2. The van der Waals surface area contributed by atoms with E-state index in [0.29, 0.717) is 15.6 Å². The molecule has 0 radical (unpaired) electrons. The summed E-state index contributed by atoms with van der Waals surface area (Å²) < 4.78 is 5.26. The van der Waals surface area contributed by atoms with Crippen molar-refractivity contribution in [3.63, 3.8) is 0 Å². The van der Waals surface area contributed by atoms with Crippen molar-refractivity contribution in [1.29, 1.82) is 0 Å². The maximum atomic E-state index is 12.2. The molecule has 4 nitrogen and oxygen atoms in total. The van der Waals surface area contributed by atoms with Crippen LogP contribution in [0.2, 0.25) is 5.02 Å². The fourth-order valence-electron chi connectivity index (χ4n) is 2.50. The Kier molecular flexibility index (Phi) is 4.68. The Morgan fingerprint density at radius 3 is 2.83 bits per heavy atom. The molecular formula is C17H16ClNO3S. The minimum Gasteiger partial charge on any atom is -0.448 e. The van der Waals surface area contributed by atoms with Crippen molar-refractivity contribution in [3.8, 4) is 0 Å². The summed E-state index contributed by atoms with van der Waals surface area (Å²) >= 11 is 7.46. The first-order valence-electron chi connectivity index (χ1n) is 7.42. The number of hydrogen-bond donors (Lipinski definition) is 1. The molecule has 2 aromatic rings. The summed E-state index contributed by atoms with van der Waals surface area (Å²) in [5.41, 5.74) is 1.73. The lowest BCUT2D eigenvalue weighted by atomic mass is 10.2. The predicted octanol–water partition coefficient (Wildman–Crippen LogP) is 4.07. The zero-order valence-electron chi connectivity index (χ0n) is 12.6. The van der Waals surface area contributed by atoms with Crippen LogP contribution in [0.5, 0.6) is 0 Å². The van der Waals surface area contributed by atoms with Crippen LogP contribution in [0.1, 0.15) is 33.5 Å². The van der Waals surface area contributed by atoms with Crippen LogP contribution in [-0.2, 0) is 22.4 Å². The highest BCUT2D eigenvalue weighted by Gasteiger charge is 2.23. The van der Waals surface area contributed by atoms with E-state index in [1.54, 1.807) is 31.2 Å². The number of benzene rings is 1. The van der Waals surface area contributed by atoms with E-state index in [1.165, 1.54) is 21.8 Å². The molecular weight excluding hydrogens is 334 g/mol. The summed E-state index contributed by atoms with van der Waals surface area (Å²) in [5.74, 6) is -0.859. The van der Waals surface area contributed by atoms with E-state index >= 15 is 0 Å². The number of amides is 1. The van der Waals surface area contributed by atoms with E-state index < -0.39 is 18.0 Å². The molecule has 120 valence electrons. The van der Waals surface area contributed by atoms with Gasteiger partial charge in [-0.05, 0) is 49.9 Å². The third kappa shape index (κ3) is 3.57. The third-order valence-electron chi connectivity index (χ3n) is 3.73. The molecule has 23 heavy (non-hydrogen) atoms. The Balaban J connectivity index is 1.61. The zero-order valence-corrected chi connectivity index (χ0v) is 14.2. The number of thiophene rings is 1. The molecule has 1 N–H and O–H groups in total. The first-order valence-corrected chi connectivity index (χ1v) is 8.62. The van der Waals surface area contributed by atoms with Crippen LogP contribution in [0, 0.1) is 0 Å². The van der Waals surface area contributed by atoms with Crippen LogP contribution < -0.4 is 5.32 Å². The number of halogens is 1. The smallest absolute Gasteiger partial charge is 0.349 e. The molecule has 0 bridgehead atoms.